The standard InChI is InChI=1S/C15H18N4O3S/c1-4-18-7-11(6-16)14(20)19(15(18)21)8-12-9-23-13(17-12)10(3)22-5-2/h7,9-10H,4-5,8H2,1-3H3/t10-/m1/s1. The van der Waals surface area contributed by atoms with E-state index in [1.165, 1.54) is 22.1 Å². The SMILES string of the molecule is CCO[C@H](C)c1nc(Cn2c(=O)c(C#N)cn(CC)c2=O)cs1. The number of rotatable bonds is 6. The molecule has 0 amide bonds. The van der Waals surface area contributed by atoms with Gasteiger partial charge in [0.05, 0.1) is 12.2 Å². The number of nitrogens with zero attached hydrogens (tertiary/aromatic N) is 4. The topological polar surface area (TPSA) is 89.9 Å². The van der Waals surface area contributed by atoms with Gasteiger partial charge < -0.3 is 4.74 Å². The van der Waals surface area contributed by atoms with Crippen LogP contribution in [0, 0.1) is 11.3 Å². The van der Waals surface area contributed by atoms with Crippen molar-refractivity contribution in [1.29, 1.82) is 5.26 Å². The van der Waals surface area contributed by atoms with Crippen LogP contribution in [0.3, 0.4) is 0 Å². The van der Waals surface area contributed by atoms with Gasteiger partial charge in [0.1, 0.15) is 22.7 Å². The summed E-state index contributed by atoms with van der Waals surface area (Å²) >= 11 is 1.42. The molecule has 2 aromatic rings. The van der Waals surface area contributed by atoms with E-state index in [0.29, 0.717) is 18.8 Å². The summed E-state index contributed by atoms with van der Waals surface area (Å²) in [5, 5.41) is 11.6. The third-order valence-electron chi connectivity index (χ3n) is 3.35. The summed E-state index contributed by atoms with van der Waals surface area (Å²) in [6, 6.07) is 1.83. The van der Waals surface area contributed by atoms with Crippen molar-refractivity contribution in [2.75, 3.05) is 6.61 Å². The second-order valence-electron chi connectivity index (χ2n) is 4.89. The van der Waals surface area contributed by atoms with Gasteiger partial charge in [0, 0.05) is 24.7 Å². The Bertz CT molecular complexity index is 844. The smallest absolute Gasteiger partial charge is 0.331 e. The first kappa shape index (κ1) is 17.1. The molecule has 0 aliphatic rings. The van der Waals surface area contributed by atoms with Gasteiger partial charge in [-0.25, -0.2) is 9.78 Å². The molecule has 0 radical (unpaired) electrons. The van der Waals surface area contributed by atoms with Crippen LogP contribution in [0.2, 0.25) is 0 Å². The highest BCUT2D eigenvalue weighted by Crippen LogP contribution is 2.21. The second kappa shape index (κ2) is 7.35. The molecule has 0 aromatic carbocycles. The fraction of sp³-hybridized carbons (Fsp3) is 0.467. The molecule has 2 aromatic heterocycles. The highest BCUT2D eigenvalue weighted by atomic mass is 32.1. The molecule has 2 heterocycles. The normalized spacial score (nSPS) is 12.1. The largest absolute Gasteiger partial charge is 0.372 e. The van der Waals surface area contributed by atoms with Crippen LogP contribution in [0.25, 0.3) is 0 Å². The molecule has 7 nitrogen and oxygen atoms in total. The van der Waals surface area contributed by atoms with E-state index in [0.717, 1.165) is 9.57 Å². The first-order valence-electron chi connectivity index (χ1n) is 7.32. The molecule has 2 rings (SSSR count). The first-order chi connectivity index (χ1) is 11.0. The van der Waals surface area contributed by atoms with Crippen LogP contribution >= 0.6 is 11.3 Å². The quantitative estimate of drug-likeness (QED) is 0.798. The van der Waals surface area contributed by atoms with Crippen molar-refractivity contribution < 1.29 is 4.74 Å². The van der Waals surface area contributed by atoms with Crippen LogP contribution < -0.4 is 11.2 Å². The summed E-state index contributed by atoms with van der Waals surface area (Å²) < 4.78 is 7.87. The Hall–Kier alpha value is -2.24. The fourth-order valence-corrected chi connectivity index (χ4v) is 2.98. The minimum absolute atomic E-state index is 0.0442. The zero-order valence-corrected chi connectivity index (χ0v) is 14.1. The third kappa shape index (κ3) is 3.57. The molecule has 0 fully saturated rings. The van der Waals surface area contributed by atoms with Gasteiger partial charge in [0.2, 0.25) is 0 Å². The Morgan fingerprint density at radius 1 is 1.43 bits per heavy atom. The molecule has 0 saturated heterocycles. The Labute approximate surface area is 137 Å². The van der Waals surface area contributed by atoms with E-state index in [9.17, 15) is 9.59 Å². The monoisotopic (exact) mass is 334 g/mol. The highest BCUT2D eigenvalue weighted by Gasteiger charge is 2.14. The van der Waals surface area contributed by atoms with Crippen molar-refractivity contribution in [2.45, 2.75) is 40.0 Å². The maximum Gasteiger partial charge on any atom is 0.331 e. The van der Waals surface area contributed by atoms with Crippen molar-refractivity contribution in [3.63, 3.8) is 0 Å². The fourth-order valence-electron chi connectivity index (χ4n) is 2.16. The maximum absolute atomic E-state index is 12.3. The zero-order chi connectivity index (χ0) is 17.0. The Balaban J connectivity index is 2.39. The molecule has 122 valence electrons. The van der Waals surface area contributed by atoms with Gasteiger partial charge in [0.25, 0.3) is 5.56 Å². The Morgan fingerprint density at radius 3 is 2.78 bits per heavy atom. The summed E-state index contributed by atoms with van der Waals surface area (Å²) in [7, 11) is 0. The minimum atomic E-state index is -0.588. The molecule has 0 unspecified atom stereocenters. The Morgan fingerprint density at radius 2 is 2.17 bits per heavy atom. The van der Waals surface area contributed by atoms with E-state index in [1.807, 2.05) is 19.9 Å². The van der Waals surface area contributed by atoms with Gasteiger partial charge in [-0.1, -0.05) is 0 Å². The molecule has 0 bridgehead atoms. The molecular formula is C15H18N4O3S. The van der Waals surface area contributed by atoms with Crippen molar-refractivity contribution in [3.05, 3.63) is 48.7 Å². The lowest BCUT2D eigenvalue weighted by Crippen LogP contribution is -2.41. The first-order valence-corrected chi connectivity index (χ1v) is 8.20. The number of ether oxygens (including phenoxy) is 1. The van der Waals surface area contributed by atoms with Crippen molar-refractivity contribution in [3.8, 4) is 6.07 Å². The second-order valence-corrected chi connectivity index (χ2v) is 5.78. The summed E-state index contributed by atoms with van der Waals surface area (Å²) in [5.74, 6) is 0. The van der Waals surface area contributed by atoms with Gasteiger partial charge in [-0.3, -0.25) is 13.9 Å². The maximum atomic E-state index is 12.3. The molecule has 23 heavy (non-hydrogen) atoms. The average molecular weight is 334 g/mol. The molecule has 0 saturated carbocycles. The molecule has 8 heteroatoms. The number of hydrogen-bond acceptors (Lipinski definition) is 6. The van der Waals surface area contributed by atoms with Crippen molar-refractivity contribution in [2.24, 2.45) is 0 Å². The van der Waals surface area contributed by atoms with Crippen molar-refractivity contribution in [1.82, 2.24) is 14.1 Å². The molecule has 0 N–H and O–H groups in total. The van der Waals surface area contributed by atoms with Crippen LogP contribution in [0.15, 0.2) is 21.2 Å². The summed E-state index contributed by atoms with van der Waals surface area (Å²) in [6.45, 7) is 6.60. The van der Waals surface area contributed by atoms with E-state index >= 15 is 0 Å². The predicted octanol–water partition coefficient (Wildman–Crippen LogP) is 1.50. The van der Waals surface area contributed by atoms with Crippen LogP contribution in [0.4, 0.5) is 0 Å². The Kier molecular flexibility index (Phi) is 5.47. The van der Waals surface area contributed by atoms with Gasteiger partial charge in [-0.05, 0) is 20.8 Å². The number of thiazole rings is 1. The number of aromatic nitrogens is 3. The van der Waals surface area contributed by atoms with Gasteiger partial charge >= 0.3 is 5.69 Å². The molecule has 1 atom stereocenters. The van der Waals surface area contributed by atoms with Crippen LogP contribution in [0.5, 0.6) is 0 Å². The van der Waals surface area contributed by atoms with Gasteiger partial charge in [-0.2, -0.15) is 5.26 Å². The number of aryl methyl sites for hydroxylation is 1. The lowest BCUT2D eigenvalue weighted by Gasteiger charge is -2.09. The predicted molar refractivity (Wildman–Crippen MR) is 86.6 cm³/mol. The number of nitriles is 1. The lowest BCUT2D eigenvalue weighted by molar-refractivity contribution is 0.0761. The summed E-state index contributed by atoms with van der Waals surface area (Å²) in [4.78, 5) is 28.9. The summed E-state index contributed by atoms with van der Waals surface area (Å²) in [6.07, 6.45) is 1.17. The zero-order valence-electron chi connectivity index (χ0n) is 13.3. The molecule has 0 aliphatic heterocycles. The average Bonchev–Trinajstić information content (AvgIpc) is 3.01. The third-order valence-corrected chi connectivity index (χ3v) is 4.41. The van der Waals surface area contributed by atoms with E-state index in [4.69, 9.17) is 10.00 Å². The van der Waals surface area contributed by atoms with Gasteiger partial charge in [-0.15, -0.1) is 11.3 Å². The lowest BCUT2D eigenvalue weighted by atomic mass is 10.3. The van der Waals surface area contributed by atoms with Crippen molar-refractivity contribution >= 4 is 11.3 Å². The van der Waals surface area contributed by atoms with E-state index < -0.39 is 11.2 Å². The van der Waals surface area contributed by atoms with Crippen LogP contribution in [-0.2, 0) is 17.8 Å². The van der Waals surface area contributed by atoms with Crippen LogP contribution in [-0.4, -0.2) is 20.7 Å². The summed E-state index contributed by atoms with van der Waals surface area (Å²) in [5.41, 5.74) is -0.475. The van der Waals surface area contributed by atoms with Crippen LogP contribution in [0.1, 0.15) is 43.1 Å². The molecule has 0 spiro atoms. The minimum Gasteiger partial charge on any atom is -0.372 e. The molecule has 0 aliphatic carbocycles. The highest BCUT2D eigenvalue weighted by molar-refractivity contribution is 7.09. The number of hydrogen-bond donors (Lipinski definition) is 0. The van der Waals surface area contributed by atoms with Gasteiger partial charge in [0.15, 0.2) is 0 Å². The van der Waals surface area contributed by atoms with E-state index in [1.54, 1.807) is 12.3 Å². The molecular weight excluding hydrogens is 316 g/mol. The van der Waals surface area contributed by atoms with E-state index in [2.05, 4.69) is 4.98 Å². The van der Waals surface area contributed by atoms with E-state index in [-0.39, 0.29) is 18.2 Å².